The van der Waals surface area contributed by atoms with E-state index in [-0.39, 0.29) is 23.7 Å². The summed E-state index contributed by atoms with van der Waals surface area (Å²) in [5, 5.41) is 14.7. The molecule has 2 unspecified atom stereocenters. The van der Waals surface area contributed by atoms with E-state index in [9.17, 15) is 18.7 Å². The highest BCUT2D eigenvalue weighted by atomic mass is 35.5. The zero-order valence-electron chi connectivity index (χ0n) is 30.3. The fourth-order valence-electron chi connectivity index (χ4n) is 7.64. The molecule has 2 saturated heterocycles. The summed E-state index contributed by atoms with van der Waals surface area (Å²) in [6.07, 6.45) is 4.71. The molecule has 0 amide bonds. The Bertz CT molecular complexity index is 2390. The Morgan fingerprint density at radius 1 is 1.02 bits per heavy atom. The third kappa shape index (κ3) is 7.70. The number of aliphatic hydroxyl groups excluding tert-OH is 1. The predicted molar refractivity (Wildman–Crippen MR) is 205 cm³/mol. The lowest BCUT2D eigenvalue weighted by Crippen LogP contribution is -2.24. The third-order valence-electron chi connectivity index (χ3n) is 10.4. The van der Waals surface area contributed by atoms with Crippen molar-refractivity contribution in [3.8, 4) is 28.3 Å². The molecule has 5 heterocycles. The molecule has 55 heavy (non-hydrogen) atoms. The Labute approximate surface area is 320 Å². The summed E-state index contributed by atoms with van der Waals surface area (Å²) in [6.45, 7) is 2.52. The first-order valence-electron chi connectivity index (χ1n) is 18.1. The summed E-state index contributed by atoms with van der Waals surface area (Å²) < 4.78 is 43.0. The molecule has 3 aromatic carbocycles. The number of aromatic nitrogens is 3. The second kappa shape index (κ2) is 15.5. The van der Waals surface area contributed by atoms with Gasteiger partial charge in [0.05, 0.1) is 29.8 Å². The molecular formula is C41H39ClF2N6O5. The van der Waals surface area contributed by atoms with Crippen molar-refractivity contribution in [3.05, 3.63) is 94.8 Å². The average Bonchev–Trinajstić information content (AvgIpc) is 3.92. The van der Waals surface area contributed by atoms with E-state index in [4.69, 9.17) is 35.5 Å². The maximum absolute atomic E-state index is 13.5. The largest absolute Gasteiger partial charge is 0.469 e. The van der Waals surface area contributed by atoms with Gasteiger partial charge < -0.3 is 24.3 Å². The Kier molecular flexibility index (Phi) is 10.4. The fraction of sp³-hybridized carbons (Fsp3) is 0.317. The molecule has 0 bridgehead atoms. The van der Waals surface area contributed by atoms with Crippen molar-refractivity contribution in [2.24, 2.45) is 5.92 Å². The molecule has 2 atom stereocenters. The van der Waals surface area contributed by atoms with Crippen molar-refractivity contribution in [1.29, 1.82) is 0 Å². The highest BCUT2D eigenvalue weighted by Gasteiger charge is 2.30. The van der Waals surface area contributed by atoms with Gasteiger partial charge in [-0.15, -0.1) is 0 Å². The molecule has 3 aromatic heterocycles. The first-order chi connectivity index (χ1) is 26.6. The predicted octanol–water partition coefficient (Wildman–Crippen LogP) is 7.97. The number of anilines is 2. The van der Waals surface area contributed by atoms with Crippen LogP contribution in [0.3, 0.4) is 0 Å². The molecule has 0 radical (unpaired) electrons. The number of esters is 1. The molecule has 11 nitrogen and oxygen atoms in total. The molecule has 0 aliphatic carbocycles. The van der Waals surface area contributed by atoms with Crippen LogP contribution in [0.4, 0.5) is 20.3 Å². The van der Waals surface area contributed by atoms with Crippen LogP contribution in [-0.2, 0) is 22.6 Å². The van der Waals surface area contributed by atoms with E-state index < -0.39 is 6.61 Å². The van der Waals surface area contributed by atoms with Gasteiger partial charge in [0, 0.05) is 73.3 Å². The summed E-state index contributed by atoms with van der Waals surface area (Å²) in [5.74, 6) is 0.328. The number of nitrogens with zero attached hydrogens (tertiary/aromatic N) is 5. The SMILES string of the molecule is COC(=O)C1CCN(Cc2cc3nc(-c4cccc(-c5cccc(Nc6nccc7cc(CN8CCC(O)C8)cnc67)c5Cl)c4C)oc3cc2OC(F)F)C1. The van der Waals surface area contributed by atoms with Crippen molar-refractivity contribution >= 4 is 51.1 Å². The lowest BCUT2D eigenvalue weighted by molar-refractivity contribution is -0.144. The maximum atomic E-state index is 13.5. The van der Waals surface area contributed by atoms with E-state index in [1.165, 1.54) is 13.2 Å². The molecule has 2 aliphatic rings. The number of benzene rings is 3. The van der Waals surface area contributed by atoms with Crippen molar-refractivity contribution in [2.75, 3.05) is 38.6 Å². The maximum Gasteiger partial charge on any atom is 0.387 e. The first kappa shape index (κ1) is 36.8. The van der Waals surface area contributed by atoms with Gasteiger partial charge in [0.25, 0.3) is 0 Å². The number of fused-ring (bicyclic) bond motifs is 2. The number of hydrogen-bond acceptors (Lipinski definition) is 11. The first-order valence-corrected chi connectivity index (χ1v) is 18.5. The number of hydrogen-bond donors (Lipinski definition) is 2. The van der Waals surface area contributed by atoms with Crippen molar-refractivity contribution in [3.63, 3.8) is 0 Å². The highest BCUT2D eigenvalue weighted by molar-refractivity contribution is 6.36. The summed E-state index contributed by atoms with van der Waals surface area (Å²) in [7, 11) is 1.36. The van der Waals surface area contributed by atoms with Crippen LogP contribution in [0.25, 0.3) is 44.6 Å². The zero-order valence-corrected chi connectivity index (χ0v) is 31.0. The molecule has 0 saturated carbocycles. The van der Waals surface area contributed by atoms with Crippen LogP contribution in [0.15, 0.2) is 77.5 Å². The van der Waals surface area contributed by atoms with Crippen molar-refractivity contribution in [1.82, 2.24) is 24.8 Å². The minimum atomic E-state index is -3.03. The highest BCUT2D eigenvalue weighted by Crippen LogP contribution is 2.41. The molecule has 14 heteroatoms. The second-order valence-corrected chi connectivity index (χ2v) is 14.5. The van der Waals surface area contributed by atoms with E-state index in [1.54, 1.807) is 12.3 Å². The van der Waals surface area contributed by atoms with E-state index in [1.807, 2.05) is 60.5 Å². The van der Waals surface area contributed by atoms with Crippen molar-refractivity contribution < 1.29 is 32.6 Å². The number of halogens is 3. The quantitative estimate of drug-likeness (QED) is 0.125. The van der Waals surface area contributed by atoms with Gasteiger partial charge in [-0.25, -0.2) is 9.97 Å². The second-order valence-electron chi connectivity index (χ2n) is 14.1. The van der Waals surface area contributed by atoms with Gasteiger partial charge in [-0.1, -0.05) is 35.9 Å². The summed E-state index contributed by atoms with van der Waals surface area (Å²) in [4.78, 5) is 30.4. The number of likely N-dealkylation sites (tertiary alicyclic amines) is 2. The number of oxazole rings is 1. The van der Waals surface area contributed by atoms with Gasteiger partial charge in [-0.3, -0.25) is 19.6 Å². The van der Waals surface area contributed by atoms with E-state index in [2.05, 4.69) is 21.3 Å². The van der Waals surface area contributed by atoms with Crippen LogP contribution < -0.4 is 10.1 Å². The summed E-state index contributed by atoms with van der Waals surface area (Å²) in [6, 6.07) is 18.7. The number of β-amino-alcohol motifs (C(OH)–C–C–N with tert-alkyl or cyclic N) is 1. The molecular weight excluding hydrogens is 730 g/mol. The normalized spacial score (nSPS) is 17.8. The summed E-state index contributed by atoms with van der Waals surface area (Å²) in [5.41, 5.74) is 6.91. The number of methoxy groups -OCH3 is 1. The van der Waals surface area contributed by atoms with Gasteiger partial charge in [0.15, 0.2) is 11.4 Å². The fourth-order valence-corrected chi connectivity index (χ4v) is 7.91. The molecule has 2 N–H and O–H groups in total. The number of carbonyl (C=O) groups is 1. The minimum Gasteiger partial charge on any atom is -0.469 e. The molecule has 284 valence electrons. The van der Waals surface area contributed by atoms with E-state index in [0.717, 1.165) is 47.2 Å². The van der Waals surface area contributed by atoms with E-state index >= 15 is 0 Å². The van der Waals surface area contributed by atoms with Crippen LogP contribution in [0.1, 0.15) is 29.5 Å². The number of alkyl halides is 2. The Balaban J connectivity index is 1.06. The standard InChI is InChI=1S/C41H39ClF2N6O5/c1-23-29(31-7-4-8-32(36(31)42)47-38-37-25(9-12-45-38)15-24(18-46-37)19-49-14-11-28(51)22-49)5-3-6-30(23)39-48-33-16-27(34(55-41(43)44)17-35(33)54-39)21-50-13-10-26(20-50)40(52)53-2/h3-9,12,15-18,26,28,41,51H,10-11,13-14,19-22H2,1-2H3,(H,45,47). The Morgan fingerprint density at radius 3 is 2.60 bits per heavy atom. The van der Waals surface area contributed by atoms with Gasteiger partial charge in [0.1, 0.15) is 16.8 Å². The van der Waals surface area contributed by atoms with Gasteiger partial charge in [-0.2, -0.15) is 8.78 Å². The topological polar surface area (TPSA) is 126 Å². The number of ether oxygens (including phenoxy) is 2. The smallest absolute Gasteiger partial charge is 0.387 e. The van der Waals surface area contributed by atoms with Crippen molar-refractivity contribution in [2.45, 2.75) is 45.6 Å². The number of rotatable bonds is 11. The molecule has 0 spiro atoms. The number of nitrogens with one attached hydrogen (secondary N) is 1. The molecule has 6 aromatic rings. The van der Waals surface area contributed by atoms with Crippen LogP contribution in [0.2, 0.25) is 5.02 Å². The number of aliphatic hydroxyl groups is 1. The Morgan fingerprint density at radius 2 is 1.80 bits per heavy atom. The summed E-state index contributed by atoms with van der Waals surface area (Å²) >= 11 is 7.11. The van der Waals surface area contributed by atoms with Gasteiger partial charge >= 0.3 is 12.6 Å². The molecule has 2 fully saturated rings. The van der Waals surface area contributed by atoms with Gasteiger partial charge in [-0.05, 0) is 73.3 Å². The van der Waals surface area contributed by atoms with E-state index in [0.29, 0.717) is 82.8 Å². The Hall–Kier alpha value is -5.21. The monoisotopic (exact) mass is 768 g/mol. The number of carbonyl (C=O) groups excluding carboxylic acids is 1. The van der Waals surface area contributed by atoms with Gasteiger partial charge in [0.2, 0.25) is 5.89 Å². The lowest BCUT2D eigenvalue weighted by Gasteiger charge is -2.18. The molecule has 2 aliphatic heterocycles. The van der Waals surface area contributed by atoms with Crippen LogP contribution >= 0.6 is 11.6 Å². The van der Waals surface area contributed by atoms with Crippen LogP contribution in [0.5, 0.6) is 5.75 Å². The third-order valence-corrected chi connectivity index (χ3v) is 10.8. The zero-order chi connectivity index (χ0) is 38.2. The minimum absolute atomic E-state index is 0.00701. The molecule has 8 rings (SSSR count). The number of pyridine rings is 2. The van der Waals surface area contributed by atoms with Crippen LogP contribution in [0, 0.1) is 12.8 Å². The average molecular weight is 769 g/mol. The van der Waals surface area contributed by atoms with Crippen LogP contribution in [-0.4, -0.2) is 81.8 Å². The lowest BCUT2D eigenvalue weighted by atomic mass is 9.96.